The number of rotatable bonds is 6. The molecule has 0 radical (unpaired) electrons. The third kappa shape index (κ3) is 3.49. The maximum atomic E-state index is 12.0. The van der Waals surface area contributed by atoms with Gasteiger partial charge in [-0.15, -0.1) is 0 Å². The lowest BCUT2D eigenvalue weighted by Crippen LogP contribution is -2.49. The Kier molecular flexibility index (Phi) is 5.60. The minimum absolute atomic E-state index is 0.300. The van der Waals surface area contributed by atoms with Crippen LogP contribution in [0.25, 0.3) is 11.1 Å². The van der Waals surface area contributed by atoms with Gasteiger partial charge in [0.1, 0.15) is 11.9 Å². The van der Waals surface area contributed by atoms with Crippen molar-refractivity contribution in [1.82, 2.24) is 15.0 Å². The second kappa shape index (κ2) is 8.11. The second-order valence-corrected chi connectivity index (χ2v) is 9.65. The van der Waals surface area contributed by atoms with Crippen LogP contribution >= 0.6 is 0 Å². The highest BCUT2D eigenvalue weighted by Gasteiger charge is 2.54. The summed E-state index contributed by atoms with van der Waals surface area (Å²) >= 11 is 0. The molecule has 2 heterocycles. The number of nitriles is 1. The molecule has 1 saturated carbocycles. The number of aryl methyl sites for hydroxylation is 1. The summed E-state index contributed by atoms with van der Waals surface area (Å²) in [5.41, 5.74) is 3.53. The Morgan fingerprint density at radius 2 is 1.78 bits per heavy atom. The highest BCUT2D eigenvalue weighted by molar-refractivity contribution is 5.68. The topological polar surface area (TPSA) is 82.7 Å². The van der Waals surface area contributed by atoms with Crippen LogP contribution in [0.4, 0.5) is 0 Å². The summed E-state index contributed by atoms with van der Waals surface area (Å²) in [6.07, 6.45) is 10.5. The van der Waals surface area contributed by atoms with Crippen molar-refractivity contribution < 1.29 is 5.11 Å². The van der Waals surface area contributed by atoms with Gasteiger partial charge in [-0.1, -0.05) is 44.5 Å². The van der Waals surface area contributed by atoms with Gasteiger partial charge in [-0.2, -0.15) is 5.26 Å². The number of benzene rings is 1. The van der Waals surface area contributed by atoms with E-state index in [0.29, 0.717) is 11.3 Å². The van der Waals surface area contributed by atoms with Crippen molar-refractivity contribution in [3.8, 4) is 17.2 Å². The summed E-state index contributed by atoms with van der Waals surface area (Å²) in [7, 11) is 0. The predicted octanol–water partition coefficient (Wildman–Crippen LogP) is 5.33. The summed E-state index contributed by atoms with van der Waals surface area (Å²) in [6.45, 7) is 8.11. The molecule has 1 aliphatic rings. The first-order valence-electron chi connectivity index (χ1n) is 11.2. The van der Waals surface area contributed by atoms with Gasteiger partial charge in [0.25, 0.3) is 0 Å². The SMILES string of the molecule is CCc1cc(C(C)(C)C#N)ccc1-c1ccc(C(O)(c2cncnc2)C2(C)CCC2)nc1. The Hall–Kier alpha value is -3.10. The molecule has 1 aliphatic carbocycles. The fourth-order valence-electron chi connectivity index (χ4n) is 4.75. The van der Waals surface area contributed by atoms with E-state index in [1.54, 1.807) is 12.4 Å². The van der Waals surface area contributed by atoms with Crippen LogP contribution in [0.3, 0.4) is 0 Å². The second-order valence-electron chi connectivity index (χ2n) is 9.65. The number of aliphatic hydroxyl groups is 1. The molecule has 1 N–H and O–H groups in total. The molecule has 5 heteroatoms. The molecular formula is C27H30N4O. The van der Waals surface area contributed by atoms with Crippen LogP contribution in [0, 0.1) is 16.7 Å². The summed E-state index contributed by atoms with van der Waals surface area (Å²) in [5, 5.41) is 21.5. The molecule has 1 fully saturated rings. The summed E-state index contributed by atoms with van der Waals surface area (Å²) < 4.78 is 0. The summed E-state index contributed by atoms with van der Waals surface area (Å²) in [5.74, 6) is 0. The lowest BCUT2D eigenvalue weighted by atomic mass is 9.57. The van der Waals surface area contributed by atoms with E-state index in [9.17, 15) is 10.4 Å². The van der Waals surface area contributed by atoms with Gasteiger partial charge in [0.05, 0.1) is 17.2 Å². The smallest absolute Gasteiger partial charge is 0.140 e. The maximum Gasteiger partial charge on any atom is 0.140 e. The van der Waals surface area contributed by atoms with Crippen molar-refractivity contribution in [3.63, 3.8) is 0 Å². The van der Waals surface area contributed by atoms with Crippen molar-refractivity contribution >= 4 is 0 Å². The van der Waals surface area contributed by atoms with Crippen molar-refractivity contribution in [3.05, 3.63) is 77.6 Å². The van der Waals surface area contributed by atoms with Gasteiger partial charge in [-0.05, 0) is 55.9 Å². The normalized spacial score (nSPS) is 17.1. The zero-order valence-corrected chi connectivity index (χ0v) is 19.3. The summed E-state index contributed by atoms with van der Waals surface area (Å²) in [4.78, 5) is 13.1. The zero-order chi connectivity index (χ0) is 23.0. The third-order valence-electron chi connectivity index (χ3n) is 7.24. The average Bonchev–Trinajstić information content (AvgIpc) is 2.82. The van der Waals surface area contributed by atoms with Crippen molar-refractivity contribution in [2.75, 3.05) is 0 Å². The lowest BCUT2D eigenvalue weighted by Gasteiger charge is -2.50. The van der Waals surface area contributed by atoms with E-state index in [2.05, 4.69) is 42.0 Å². The standard InChI is InChI=1S/C27H30N4O/c1-5-19-13-21(25(2,3)17-28)8-9-23(19)20-7-10-24(31-14-20)27(32,26(4)11-6-12-26)22-15-29-18-30-16-22/h7-10,13-16,18,32H,5-6,11-12H2,1-4H3. The minimum atomic E-state index is -1.24. The van der Waals surface area contributed by atoms with Crippen LogP contribution in [0.2, 0.25) is 0 Å². The molecule has 32 heavy (non-hydrogen) atoms. The molecule has 0 amide bonds. The molecule has 1 atom stereocenters. The number of hydrogen-bond donors (Lipinski definition) is 1. The highest BCUT2D eigenvalue weighted by atomic mass is 16.3. The third-order valence-corrected chi connectivity index (χ3v) is 7.24. The first kappa shape index (κ1) is 22.1. The van der Waals surface area contributed by atoms with Crippen LogP contribution in [-0.4, -0.2) is 20.1 Å². The largest absolute Gasteiger partial charge is 0.378 e. The molecule has 0 spiro atoms. The molecule has 4 rings (SSSR count). The van der Waals surface area contributed by atoms with Gasteiger partial charge in [0.2, 0.25) is 0 Å². The van der Waals surface area contributed by atoms with Gasteiger partial charge in [0, 0.05) is 35.1 Å². The van der Waals surface area contributed by atoms with Gasteiger partial charge >= 0.3 is 0 Å². The molecule has 5 nitrogen and oxygen atoms in total. The van der Waals surface area contributed by atoms with Gasteiger partial charge in [0.15, 0.2) is 0 Å². The molecule has 0 bridgehead atoms. The van der Waals surface area contributed by atoms with E-state index in [0.717, 1.165) is 42.4 Å². The van der Waals surface area contributed by atoms with Crippen molar-refractivity contribution in [2.45, 2.75) is 64.4 Å². The van der Waals surface area contributed by atoms with Crippen LogP contribution < -0.4 is 0 Å². The van der Waals surface area contributed by atoms with E-state index in [-0.39, 0.29) is 5.41 Å². The van der Waals surface area contributed by atoms with Crippen LogP contribution in [-0.2, 0) is 17.4 Å². The molecular weight excluding hydrogens is 396 g/mol. The van der Waals surface area contributed by atoms with Gasteiger partial charge < -0.3 is 5.11 Å². The fraction of sp³-hybridized carbons (Fsp3) is 0.407. The Morgan fingerprint density at radius 1 is 1.06 bits per heavy atom. The van der Waals surface area contributed by atoms with E-state index < -0.39 is 11.0 Å². The van der Waals surface area contributed by atoms with Crippen molar-refractivity contribution in [2.24, 2.45) is 5.41 Å². The molecule has 3 aromatic rings. The lowest BCUT2D eigenvalue weighted by molar-refractivity contribution is -0.0963. The van der Waals surface area contributed by atoms with Gasteiger partial charge in [-0.3, -0.25) is 4.98 Å². The molecule has 0 saturated heterocycles. The van der Waals surface area contributed by atoms with Crippen LogP contribution in [0.15, 0.2) is 55.2 Å². The monoisotopic (exact) mass is 426 g/mol. The Morgan fingerprint density at radius 3 is 2.31 bits per heavy atom. The first-order valence-corrected chi connectivity index (χ1v) is 11.2. The Labute approximate surface area is 190 Å². The Balaban J connectivity index is 1.75. The molecule has 164 valence electrons. The van der Waals surface area contributed by atoms with E-state index in [4.69, 9.17) is 4.98 Å². The molecule has 1 aromatic carbocycles. The minimum Gasteiger partial charge on any atom is -0.378 e. The van der Waals surface area contributed by atoms with E-state index in [1.807, 2.05) is 38.2 Å². The first-order chi connectivity index (χ1) is 15.2. The Bertz CT molecular complexity index is 1140. The predicted molar refractivity (Wildman–Crippen MR) is 125 cm³/mol. The fourth-order valence-corrected chi connectivity index (χ4v) is 4.75. The zero-order valence-electron chi connectivity index (χ0n) is 19.3. The van der Waals surface area contributed by atoms with Gasteiger partial charge in [-0.25, -0.2) is 9.97 Å². The van der Waals surface area contributed by atoms with Crippen molar-refractivity contribution in [1.29, 1.82) is 5.26 Å². The quantitative estimate of drug-likeness (QED) is 0.576. The van der Waals surface area contributed by atoms with Crippen LogP contribution in [0.5, 0.6) is 0 Å². The number of pyridine rings is 1. The average molecular weight is 427 g/mol. The molecule has 2 aromatic heterocycles. The number of hydrogen-bond acceptors (Lipinski definition) is 5. The van der Waals surface area contributed by atoms with E-state index in [1.165, 1.54) is 11.9 Å². The number of nitrogens with zero attached hydrogens (tertiary/aromatic N) is 4. The summed E-state index contributed by atoms with van der Waals surface area (Å²) in [6, 6.07) is 12.6. The highest BCUT2D eigenvalue weighted by Crippen LogP contribution is 2.56. The maximum absolute atomic E-state index is 12.0. The number of aromatic nitrogens is 3. The molecule has 0 aliphatic heterocycles. The molecule has 1 unspecified atom stereocenters. The van der Waals surface area contributed by atoms with E-state index >= 15 is 0 Å². The van der Waals surface area contributed by atoms with Crippen LogP contribution in [0.1, 0.15) is 69.3 Å².